The summed E-state index contributed by atoms with van der Waals surface area (Å²) < 4.78 is 11.0. The van der Waals surface area contributed by atoms with Crippen LogP contribution in [0, 0.1) is 0 Å². The normalized spacial score (nSPS) is 11.5. The second-order valence-corrected chi connectivity index (χ2v) is 4.86. The zero-order valence-corrected chi connectivity index (χ0v) is 12.9. The van der Waals surface area contributed by atoms with Gasteiger partial charge in [0.2, 0.25) is 0 Å². The van der Waals surface area contributed by atoms with Gasteiger partial charge in [0.25, 0.3) is 5.91 Å². The Bertz CT molecular complexity index is 598. The van der Waals surface area contributed by atoms with Crippen LogP contribution in [0.15, 0.2) is 54.6 Å². The smallest absolute Gasteiger partial charge is 0.261 e. The van der Waals surface area contributed by atoms with Gasteiger partial charge in [-0.1, -0.05) is 43.3 Å². The van der Waals surface area contributed by atoms with Crippen LogP contribution in [0.1, 0.15) is 18.9 Å². The zero-order valence-electron chi connectivity index (χ0n) is 12.9. The molecule has 2 aromatic carbocycles. The molecular weight excluding hydrogens is 278 g/mol. The van der Waals surface area contributed by atoms with Crippen molar-refractivity contribution in [3.63, 3.8) is 0 Å². The summed E-state index contributed by atoms with van der Waals surface area (Å²) in [5.74, 6) is 1.33. The van der Waals surface area contributed by atoms with E-state index in [0.29, 0.717) is 18.7 Å². The fourth-order valence-electron chi connectivity index (χ4n) is 2.13. The fourth-order valence-corrected chi connectivity index (χ4v) is 2.13. The quantitative estimate of drug-likeness (QED) is 0.854. The third-order valence-corrected chi connectivity index (χ3v) is 3.33. The van der Waals surface area contributed by atoms with Crippen molar-refractivity contribution >= 4 is 5.91 Å². The largest absolute Gasteiger partial charge is 0.496 e. The van der Waals surface area contributed by atoms with E-state index in [9.17, 15) is 4.79 Å². The Morgan fingerprint density at radius 1 is 1.09 bits per heavy atom. The van der Waals surface area contributed by atoms with Crippen LogP contribution in [0.25, 0.3) is 0 Å². The Labute approximate surface area is 131 Å². The van der Waals surface area contributed by atoms with Crippen molar-refractivity contribution in [2.45, 2.75) is 26.0 Å². The Morgan fingerprint density at radius 2 is 1.77 bits per heavy atom. The zero-order chi connectivity index (χ0) is 15.8. The van der Waals surface area contributed by atoms with Crippen LogP contribution >= 0.6 is 0 Å². The van der Waals surface area contributed by atoms with Gasteiger partial charge in [0.1, 0.15) is 11.5 Å². The summed E-state index contributed by atoms with van der Waals surface area (Å²) in [6.07, 6.45) is 0.101. The molecule has 0 bridgehead atoms. The van der Waals surface area contributed by atoms with E-state index in [1.807, 2.05) is 61.5 Å². The maximum atomic E-state index is 12.3. The van der Waals surface area contributed by atoms with E-state index in [2.05, 4.69) is 5.32 Å². The molecule has 116 valence electrons. The number of rotatable bonds is 7. The number of hydrogen-bond acceptors (Lipinski definition) is 3. The molecule has 22 heavy (non-hydrogen) atoms. The number of hydrogen-bond donors (Lipinski definition) is 1. The van der Waals surface area contributed by atoms with Crippen molar-refractivity contribution in [3.8, 4) is 11.5 Å². The van der Waals surface area contributed by atoms with Crippen LogP contribution in [-0.2, 0) is 11.3 Å². The summed E-state index contributed by atoms with van der Waals surface area (Å²) in [5.41, 5.74) is 0.938. The Balaban J connectivity index is 1.95. The number of methoxy groups -OCH3 is 1. The number of para-hydroxylation sites is 2. The molecule has 0 aromatic heterocycles. The minimum atomic E-state index is -0.503. The molecule has 0 aliphatic heterocycles. The van der Waals surface area contributed by atoms with E-state index in [1.54, 1.807) is 7.11 Å². The van der Waals surface area contributed by atoms with Crippen molar-refractivity contribution in [1.82, 2.24) is 5.32 Å². The van der Waals surface area contributed by atoms with Gasteiger partial charge in [-0.15, -0.1) is 0 Å². The molecule has 0 saturated carbocycles. The Hall–Kier alpha value is -2.49. The van der Waals surface area contributed by atoms with Crippen LogP contribution in [0.4, 0.5) is 0 Å². The Morgan fingerprint density at radius 3 is 2.45 bits per heavy atom. The molecule has 0 unspecified atom stereocenters. The molecule has 1 atom stereocenters. The molecule has 2 aromatic rings. The van der Waals surface area contributed by atoms with Gasteiger partial charge in [-0.3, -0.25) is 4.79 Å². The number of amides is 1. The second kappa shape index (κ2) is 8.08. The van der Waals surface area contributed by atoms with Gasteiger partial charge in [0, 0.05) is 12.1 Å². The number of carbonyl (C=O) groups is 1. The summed E-state index contributed by atoms with van der Waals surface area (Å²) in [6.45, 7) is 2.34. The van der Waals surface area contributed by atoms with E-state index in [4.69, 9.17) is 9.47 Å². The van der Waals surface area contributed by atoms with E-state index in [-0.39, 0.29) is 5.91 Å². The predicted molar refractivity (Wildman–Crippen MR) is 86.0 cm³/mol. The summed E-state index contributed by atoms with van der Waals surface area (Å²) in [5, 5.41) is 2.90. The van der Waals surface area contributed by atoms with Crippen LogP contribution < -0.4 is 14.8 Å². The molecule has 0 radical (unpaired) electrons. The first-order valence-corrected chi connectivity index (χ1v) is 7.36. The van der Waals surface area contributed by atoms with E-state index in [1.165, 1.54) is 0 Å². The molecule has 1 amide bonds. The molecule has 0 heterocycles. The van der Waals surface area contributed by atoms with Crippen molar-refractivity contribution in [1.29, 1.82) is 0 Å². The molecule has 0 aliphatic rings. The lowest BCUT2D eigenvalue weighted by atomic mass is 10.2. The van der Waals surface area contributed by atoms with Crippen LogP contribution in [0.3, 0.4) is 0 Å². The highest BCUT2D eigenvalue weighted by Crippen LogP contribution is 2.17. The topological polar surface area (TPSA) is 47.6 Å². The highest BCUT2D eigenvalue weighted by Gasteiger charge is 2.18. The first kappa shape index (κ1) is 15.9. The predicted octanol–water partition coefficient (Wildman–Crippen LogP) is 3.17. The highest BCUT2D eigenvalue weighted by atomic mass is 16.5. The molecule has 4 heteroatoms. The van der Waals surface area contributed by atoms with Gasteiger partial charge < -0.3 is 14.8 Å². The molecule has 0 spiro atoms. The van der Waals surface area contributed by atoms with Crippen molar-refractivity contribution < 1.29 is 14.3 Å². The third kappa shape index (κ3) is 4.25. The lowest BCUT2D eigenvalue weighted by molar-refractivity contribution is -0.128. The average Bonchev–Trinajstić information content (AvgIpc) is 2.58. The maximum Gasteiger partial charge on any atom is 0.261 e. The number of nitrogens with one attached hydrogen (secondary N) is 1. The molecule has 2 rings (SSSR count). The third-order valence-electron chi connectivity index (χ3n) is 3.33. The van der Waals surface area contributed by atoms with E-state index in [0.717, 1.165) is 11.3 Å². The van der Waals surface area contributed by atoms with Crippen molar-refractivity contribution in [3.05, 3.63) is 60.2 Å². The summed E-state index contributed by atoms with van der Waals surface area (Å²) in [6, 6.07) is 17.0. The minimum Gasteiger partial charge on any atom is -0.496 e. The van der Waals surface area contributed by atoms with Gasteiger partial charge in [-0.25, -0.2) is 0 Å². The van der Waals surface area contributed by atoms with Gasteiger partial charge in [0.15, 0.2) is 6.10 Å². The molecular formula is C18H21NO3. The van der Waals surface area contributed by atoms with Crippen LogP contribution in [-0.4, -0.2) is 19.1 Å². The second-order valence-electron chi connectivity index (χ2n) is 4.86. The lowest BCUT2D eigenvalue weighted by Gasteiger charge is -2.17. The molecule has 0 saturated heterocycles. The van der Waals surface area contributed by atoms with Crippen LogP contribution in [0.2, 0.25) is 0 Å². The standard InChI is InChI=1S/C18H21NO3/c1-3-16(22-15-10-5-4-6-11-15)18(20)19-13-14-9-7-8-12-17(14)21-2/h4-12,16H,3,13H2,1-2H3,(H,19,20)/t16-/m0/s1. The number of benzene rings is 2. The van der Waals surface area contributed by atoms with Gasteiger partial charge in [-0.05, 0) is 24.6 Å². The van der Waals surface area contributed by atoms with Crippen molar-refractivity contribution in [2.24, 2.45) is 0 Å². The molecule has 0 fully saturated rings. The number of carbonyl (C=O) groups excluding carboxylic acids is 1. The Kier molecular flexibility index (Phi) is 5.83. The number of ether oxygens (including phenoxy) is 2. The first-order chi connectivity index (χ1) is 10.7. The van der Waals surface area contributed by atoms with Crippen LogP contribution in [0.5, 0.6) is 11.5 Å². The van der Waals surface area contributed by atoms with Gasteiger partial charge in [-0.2, -0.15) is 0 Å². The molecule has 1 N–H and O–H groups in total. The average molecular weight is 299 g/mol. The summed E-state index contributed by atoms with van der Waals surface area (Å²) in [7, 11) is 1.62. The van der Waals surface area contributed by atoms with E-state index < -0.39 is 6.10 Å². The molecule has 4 nitrogen and oxygen atoms in total. The monoisotopic (exact) mass is 299 g/mol. The molecule has 0 aliphatic carbocycles. The van der Waals surface area contributed by atoms with E-state index >= 15 is 0 Å². The van der Waals surface area contributed by atoms with Gasteiger partial charge >= 0.3 is 0 Å². The maximum absolute atomic E-state index is 12.3. The minimum absolute atomic E-state index is 0.128. The fraction of sp³-hybridized carbons (Fsp3) is 0.278. The first-order valence-electron chi connectivity index (χ1n) is 7.36. The SMILES string of the molecule is CC[C@H](Oc1ccccc1)C(=O)NCc1ccccc1OC. The van der Waals surface area contributed by atoms with Crippen molar-refractivity contribution in [2.75, 3.05) is 7.11 Å². The summed E-state index contributed by atoms with van der Waals surface area (Å²) >= 11 is 0. The lowest BCUT2D eigenvalue weighted by Crippen LogP contribution is -2.37. The summed E-state index contributed by atoms with van der Waals surface area (Å²) in [4.78, 5) is 12.3. The van der Waals surface area contributed by atoms with Gasteiger partial charge in [0.05, 0.1) is 7.11 Å². The highest BCUT2D eigenvalue weighted by molar-refractivity contribution is 5.81.